The molecule has 0 atom stereocenters. The third-order valence-electron chi connectivity index (χ3n) is 2.42. The number of carbonyl (C=O) groups is 1. The van der Waals surface area contributed by atoms with Crippen LogP contribution >= 0.6 is 34.5 Å². The van der Waals surface area contributed by atoms with Gasteiger partial charge < -0.3 is 10.5 Å². The summed E-state index contributed by atoms with van der Waals surface area (Å²) in [6.07, 6.45) is 0. The highest BCUT2D eigenvalue weighted by Crippen LogP contribution is 2.38. The van der Waals surface area contributed by atoms with Crippen molar-refractivity contribution in [3.63, 3.8) is 0 Å². The lowest BCUT2D eigenvalue weighted by atomic mass is 10.2. The molecule has 0 unspecified atom stereocenters. The third kappa shape index (κ3) is 3.03. The van der Waals surface area contributed by atoms with Crippen molar-refractivity contribution in [3.05, 3.63) is 39.2 Å². The highest BCUT2D eigenvalue weighted by Gasteiger charge is 2.17. The van der Waals surface area contributed by atoms with Crippen LogP contribution in [0.3, 0.4) is 0 Å². The predicted octanol–water partition coefficient (Wildman–Crippen LogP) is 4.48. The van der Waals surface area contributed by atoms with E-state index < -0.39 is 5.97 Å². The first-order valence-electron chi connectivity index (χ1n) is 5.54. The van der Waals surface area contributed by atoms with Crippen molar-refractivity contribution in [2.75, 3.05) is 12.3 Å². The molecular formula is C13H11Cl2NO2S. The Bertz CT molecular complexity index is 625. The molecule has 1 aromatic carbocycles. The highest BCUT2D eigenvalue weighted by molar-refractivity contribution is 7.18. The van der Waals surface area contributed by atoms with Crippen LogP contribution in [0.25, 0.3) is 10.4 Å². The van der Waals surface area contributed by atoms with Crippen LogP contribution in [0.2, 0.25) is 10.0 Å². The second kappa shape index (κ2) is 5.82. The minimum absolute atomic E-state index is 0.309. The summed E-state index contributed by atoms with van der Waals surface area (Å²) >= 11 is 13.3. The van der Waals surface area contributed by atoms with Gasteiger partial charge >= 0.3 is 5.97 Å². The second-order valence-electron chi connectivity index (χ2n) is 3.74. The molecule has 0 spiro atoms. The molecule has 0 aliphatic heterocycles. The Morgan fingerprint density at radius 1 is 1.37 bits per heavy atom. The van der Waals surface area contributed by atoms with Gasteiger partial charge in [0.1, 0.15) is 4.88 Å². The van der Waals surface area contributed by atoms with Crippen LogP contribution in [-0.4, -0.2) is 12.6 Å². The number of hydrogen-bond acceptors (Lipinski definition) is 4. The number of benzene rings is 1. The lowest BCUT2D eigenvalue weighted by Gasteiger charge is -2.01. The zero-order valence-electron chi connectivity index (χ0n) is 10.1. The Balaban J connectivity index is 2.44. The van der Waals surface area contributed by atoms with E-state index in [1.807, 2.05) is 0 Å². The number of nitrogens with two attached hydrogens (primary N) is 1. The van der Waals surface area contributed by atoms with Gasteiger partial charge in [0, 0.05) is 20.5 Å². The summed E-state index contributed by atoms with van der Waals surface area (Å²) in [4.78, 5) is 12.9. The lowest BCUT2D eigenvalue weighted by Crippen LogP contribution is -2.04. The number of thiophene rings is 1. The molecule has 2 N–H and O–H groups in total. The summed E-state index contributed by atoms with van der Waals surface area (Å²) in [6, 6.07) is 6.86. The van der Waals surface area contributed by atoms with Crippen molar-refractivity contribution in [1.29, 1.82) is 0 Å². The largest absolute Gasteiger partial charge is 0.462 e. The Kier molecular flexibility index (Phi) is 4.34. The van der Waals surface area contributed by atoms with Gasteiger partial charge in [-0.05, 0) is 31.2 Å². The Hall–Kier alpha value is -1.23. The van der Waals surface area contributed by atoms with Crippen molar-refractivity contribution < 1.29 is 9.53 Å². The number of carbonyl (C=O) groups excluding carboxylic acids is 1. The van der Waals surface area contributed by atoms with E-state index in [1.54, 1.807) is 31.2 Å². The predicted molar refractivity (Wildman–Crippen MR) is 80.1 cm³/mol. The molecule has 6 heteroatoms. The molecule has 1 heterocycles. The molecule has 0 saturated carbocycles. The summed E-state index contributed by atoms with van der Waals surface area (Å²) < 4.78 is 4.94. The van der Waals surface area contributed by atoms with Crippen LogP contribution < -0.4 is 5.73 Å². The molecule has 3 nitrogen and oxygen atoms in total. The average Bonchev–Trinajstić information content (AvgIpc) is 2.74. The van der Waals surface area contributed by atoms with Crippen LogP contribution in [0.4, 0.5) is 5.69 Å². The fourth-order valence-corrected chi connectivity index (χ4v) is 3.03. The zero-order valence-corrected chi connectivity index (χ0v) is 12.4. The molecule has 0 saturated heterocycles. The standard InChI is InChI=1S/C13H11Cl2NO2S/c1-2-18-13(17)12-10(16)6-11(19-12)8-5-7(14)3-4-9(8)15/h3-6H,2,16H2,1H3. The molecule has 100 valence electrons. The fraction of sp³-hybridized carbons (Fsp3) is 0.154. The van der Waals surface area contributed by atoms with Crippen molar-refractivity contribution >= 4 is 46.2 Å². The van der Waals surface area contributed by atoms with Crippen molar-refractivity contribution in [3.8, 4) is 10.4 Å². The first-order valence-corrected chi connectivity index (χ1v) is 7.12. The minimum atomic E-state index is -0.422. The zero-order chi connectivity index (χ0) is 14.0. The molecule has 19 heavy (non-hydrogen) atoms. The minimum Gasteiger partial charge on any atom is -0.462 e. The van der Waals surface area contributed by atoms with Gasteiger partial charge in [0.05, 0.1) is 12.3 Å². The van der Waals surface area contributed by atoms with Gasteiger partial charge in [0.15, 0.2) is 0 Å². The Labute approximate surface area is 124 Å². The van der Waals surface area contributed by atoms with Crippen LogP contribution in [0.5, 0.6) is 0 Å². The summed E-state index contributed by atoms with van der Waals surface area (Å²) in [7, 11) is 0. The lowest BCUT2D eigenvalue weighted by molar-refractivity contribution is 0.0533. The summed E-state index contributed by atoms with van der Waals surface area (Å²) in [6.45, 7) is 2.06. The molecule has 0 bridgehead atoms. The van der Waals surface area contributed by atoms with Gasteiger partial charge in [-0.15, -0.1) is 11.3 Å². The van der Waals surface area contributed by atoms with Crippen molar-refractivity contribution in [2.45, 2.75) is 6.92 Å². The van der Waals surface area contributed by atoms with E-state index in [-0.39, 0.29) is 0 Å². The van der Waals surface area contributed by atoms with E-state index in [4.69, 9.17) is 33.7 Å². The van der Waals surface area contributed by atoms with Gasteiger partial charge in [0.2, 0.25) is 0 Å². The van der Waals surface area contributed by atoms with Crippen LogP contribution in [-0.2, 0) is 4.74 Å². The summed E-state index contributed by atoms with van der Waals surface area (Å²) in [5.41, 5.74) is 6.97. The number of nitrogen functional groups attached to an aromatic ring is 1. The van der Waals surface area contributed by atoms with E-state index >= 15 is 0 Å². The number of esters is 1. The van der Waals surface area contributed by atoms with Crippen molar-refractivity contribution in [1.82, 2.24) is 0 Å². The van der Waals surface area contributed by atoms with Crippen LogP contribution in [0.1, 0.15) is 16.6 Å². The Morgan fingerprint density at radius 2 is 2.11 bits per heavy atom. The van der Waals surface area contributed by atoms with Crippen LogP contribution in [0.15, 0.2) is 24.3 Å². The molecule has 0 aliphatic carbocycles. The van der Waals surface area contributed by atoms with E-state index in [2.05, 4.69) is 0 Å². The average molecular weight is 316 g/mol. The van der Waals surface area contributed by atoms with Gasteiger partial charge in [0.25, 0.3) is 0 Å². The SMILES string of the molecule is CCOC(=O)c1sc(-c2cc(Cl)ccc2Cl)cc1N. The molecular weight excluding hydrogens is 305 g/mol. The van der Waals surface area contributed by atoms with E-state index in [9.17, 15) is 4.79 Å². The van der Waals surface area contributed by atoms with Gasteiger partial charge in [-0.3, -0.25) is 0 Å². The smallest absolute Gasteiger partial charge is 0.350 e. The summed E-state index contributed by atoms with van der Waals surface area (Å²) in [5.74, 6) is -0.422. The number of halogens is 2. The van der Waals surface area contributed by atoms with Gasteiger partial charge in [-0.2, -0.15) is 0 Å². The molecule has 0 radical (unpaired) electrons. The maximum atomic E-state index is 11.7. The molecule has 0 amide bonds. The summed E-state index contributed by atoms with van der Waals surface area (Å²) in [5, 5.41) is 1.13. The molecule has 0 fully saturated rings. The molecule has 1 aromatic heterocycles. The first kappa shape index (κ1) is 14.2. The Morgan fingerprint density at radius 3 is 2.79 bits per heavy atom. The van der Waals surface area contributed by atoms with E-state index in [1.165, 1.54) is 11.3 Å². The normalized spacial score (nSPS) is 10.5. The maximum Gasteiger partial charge on any atom is 0.350 e. The van der Waals surface area contributed by atoms with Crippen LogP contribution in [0, 0.1) is 0 Å². The fourth-order valence-electron chi connectivity index (χ4n) is 1.58. The first-order chi connectivity index (χ1) is 9.02. The number of anilines is 1. The van der Waals surface area contributed by atoms with Gasteiger partial charge in [-0.25, -0.2) is 4.79 Å². The second-order valence-corrected chi connectivity index (χ2v) is 5.64. The van der Waals surface area contributed by atoms with Crippen molar-refractivity contribution in [2.24, 2.45) is 0 Å². The maximum absolute atomic E-state index is 11.7. The number of rotatable bonds is 3. The highest BCUT2D eigenvalue weighted by atomic mass is 35.5. The number of hydrogen-bond donors (Lipinski definition) is 1. The van der Waals surface area contributed by atoms with E-state index in [0.29, 0.717) is 27.2 Å². The quantitative estimate of drug-likeness (QED) is 0.849. The third-order valence-corrected chi connectivity index (χ3v) is 4.14. The molecule has 2 rings (SSSR count). The molecule has 0 aliphatic rings. The molecule has 2 aromatic rings. The number of ether oxygens (including phenoxy) is 1. The van der Waals surface area contributed by atoms with Gasteiger partial charge in [-0.1, -0.05) is 23.2 Å². The van der Waals surface area contributed by atoms with E-state index in [0.717, 1.165) is 10.4 Å². The topological polar surface area (TPSA) is 52.3 Å². The monoisotopic (exact) mass is 315 g/mol.